The van der Waals surface area contributed by atoms with E-state index in [1.165, 1.54) is 11.8 Å². The molecular formula is C6H9N3OS. The van der Waals surface area contributed by atoms with Crippen molar-refractivity contribution in [3.05, 3.63) is 17.5 Å². The van der Waals surface area contributed by atoms with Crippen molar-refractivity contribution in [1.82, 2.24) is 5.16 Å². The molecule has 0 radical (unpaired) electrons. The molecule has 60 valence electrons. The fraction of sp³-hybridized carbons (Fsp3) is 0.333. The van der Waals surface area contributed by atoms with Crippen LogP contribution in [0.4, 0.5) is 0 Å². The van der Waals surface area contributed by atoms with Crippen molar-refractivity contribution in [2.75, 3.05) is 0 Å². The molecule has 0 aliphatic carbocycles. The molecule has 1 heterocycles. The fourth-order valence-corrected chi connectivity index (χ4v) is 1.08. The van der Waals surface area contributed by atoms with Gasteiger partial charge in [-0.2, -0.15) is 0 Å². The second-order valence-corrected chi connectivity index (χ2v) is 3.10. The molecule has 1 aromatic rings. The number of hydrogen-bond acceptors (Lipinski definition) is 4. The summed E-state index contributed by atoms with van der Waals surface area (Å²) >= 11 is 1.24. The minimum absolute atomic E-state index is 0.102. The van der Waals surface area contributed by atoms with E-state index in [9.17, 15) is 0 Å². The number of aryl methyl sites for hydroxylation is 1. The average Bonchev–Trinajstić information content (AvgIpc) is 2.31. The maximum absolute atomic E-state index is 6.93. The molecule has 5 heteroatoms. The number of amidine groups is 1. The predicted molar refractivity (Wildman–Crippen MR) is 44.4 cm³/mol. The average molecular weight is 171 g/mol. The minimum Gasteiger partial charge on any atom is -0.379 e. The molecule has 3 N–H and O–H groups in total. The highest BCUT2D eigenvalue weighted by molar-refractivity contribution is 8.13. The predicted octanol–water partition coefficient (Wildman–Crippen LogP) is 1.11. The first-order chi connectivity index (χ1) is 5.18. The topological polar surface area (TPSA) is 75.9 Å². The summed E-state index contributed by atoms with van der Waals surface area (Å²) in [5.41, 5.74) is 5.96. The summed E-state index contributed by atoms with van der Waals surface area (Å²) < 4.78 is 4.82. The number of thioether (sulfide) groups is 1. The van der Waals surface area contributed by atoms with E-state index in [2.05, 4.69) is 5.16 Å². The zero-order chi connectivity index (χ0) is 8.27. The second-order valence-electron chi connectivity index (χ2n) is 2.08. The summed E-state index contributed by atoms with van der Waals surface area (Å²) in [5.74, 6) is 1.39. The third-order valence-corrected chi connectivity index (χ3v) is 1.80. The molecule has 0 aliphatic rings. The number of nitrogens with one attached hydrogen (secondary N) is 1. The zero-order valence-electron chi connectivity index (χ0n) is 6.13. The van der Waals surface area contributed by atoms with Crippen LogP contribution in [0.25, 0.3) is 0 Å². The van der Waals surface area contributed by atoms with Gasteiger partial charge < -0.3 is 10.3 Å². The number of aromatic nitrogens is 1. The number of rotatable bonds is 2. The summed E-state index contributed by atoms with van der Waals surface area (Å²) in [6, 6.07) is 1.83. The van der Waals surface area contributed by atoms with Gasteiger partial charge in [-0.15, -0.1) is 0 Å². The summed E-state index contributed by atoms with van der Waals surface area (Å²) in [6.45, 7) is 1.83. The minimum atomic E-state index is 0.102. The highest BCUT2D eigenvalue weighted by Gasteiger charge is 2.00. The maximum Gasteiger partial charge on any atom is 0.151 e. The van der Waals surface area contributed by atoms with Crippen LogP contribution in [0.2, 0.25) is 0 Å². The fourth-order valence-electron chi connectivity index (χ4n) is 0.638. The summed E-state index contributed by atoms with van der Waals surface area (Å²) in [4.78, 5) is 0. The van der Waals surface area contributed by atoms with Crippen LogP contribution in [0.1, 0.15) is 11.5 Å². The van der Waals surface area contributed by atoms with Gasteiger partial charge in [0.25, 0.3) is 0 Å². The van der Waals surface area contributed by atoms with Gasteiger partial charge in [-0.1, -0.05) is 16.9 Å². The van der Waals surface area contributed by atoms with E-state index in [0.717, 1.165) is 11.5 Å². The Morgan fingerprint density at radius 3 is 3.09 bits per heavy atom. The highest BCUT2D eigenvalue weighted by atomic mass is 32.2. The molecule has 0 spiro atoms. The van der Waals surface area contributed by atoms with E-state index in [1.807, 2.05) is 13.0 Å². The molecule has 4 nitrogen and oxygen atoms in total. The van der Waals surface area contributed by atoms with Crippen LogP contribution in [0.3, 0.4) is 0 Å². The monoisotopic (exact) mass is 171 g/mol. The first kappa shape index (κ1) is 8.13. The van der Waals surface area contributed by atoms with Crippen LogP contribution in [0.15, 0.2) is 10.6 Å². The Morgan fingerprint density at radius 2 is 2.64 bits per heavy atom. The van der Waals surface area contributed by atoms with Gasteiger partial charge in [-0.25, -0.2) is 0 Å². The van der Waals surface area contributed by atoms with E-state index in [4.69, 9.17) is 15.7 Å². The quantitative estimate of drug-likeness (QED) is 0.516. The van der Waals surface area contributed by atoms with Crippen molar-refractivity contribution in [2.24, 2.45) is 5.73 Å². The van der Waals surface area contributed by atoms with Crippen LogP contribution in [-0.2, 0) is 5.75 Å². The largest absolute Gasteiger partial charge is 0.379 e. The molecule has 0 amide bonds. The SMILES string of the molecule is Cc1cc(CSC(=N)N)no1. The van der Waals surface area contributed by atoms with Gasteiger partial charge in [0.2, 0.25) is 0 Å². The van der Waals surface area contributed by atoms with E-state index < -0.39 is 0 Å². The van der Waals surface area contributed by atoms with Gasteiger partial charge in [0, 0.05) is 11.8 Å². The number of nitrogens with zero attached hydrogens (tertiary/aromatic N) is 1. The van der Waals surface area contributed by atoms with Crippen molar-refractivity contribution < 1.29 is 4.52 Å². The molecule has 1 aromatic heterocycles. The highest BCUT2D eigenvalue weighted by Crippen LogP contribution is 2.10. The Labute approximate surface area is 68.6 Å². The van der Waals surface area contributed by atoms with Crippen LogP contribution < -0.4 is 5.73 Å². The van der Waals surface area contributed by atoms with Gasteiger partial charge in [0.15, 0.2) is 5.17 Å². The molecule has 0 saturated carbocycles. The van der Waals surface area contributed by atoms with Gasteiger partial charge in [-0.3, -0.25) is 5.41 Å². The van der Waals surface area contributed by atoms with Gasteiger partial charge >= 0.3 is 0 Å². The third kappa shape index (κ3) is 2.63. The lowest BCUT2D eigenvalue weighted by Crippen LogP contribution is -2.03. The van der Waals surface area contributed by atoms with Crippen LogP contribution in [-0.4, -0.2) is 10.3 Å². The summed E-state index contributed by atoms with van der Waals surface area (Å²) in [6.07, 6.45) is 0. The van der Waals surface area contributed by atoms with Crippen molar-refractivity contribution in [3.63, 3.8) is 0 Å². The first-order valence-corrected chi connectivity index (χ1v) is 4.06. The maximum atomic E-state index is 6.93. The lowest BCUT2D eigenvalue weighted by Gasteiger charge is -1.91. The lowest BCUT2D eigenvalue weighted by molar-refractivity contribution is 0.393. The van der Waals surface area contributed by atoms with Gasteiger partial charge in [0.1, 0.15) is 5.76 Å². The van der Waals surface area contributed by atoms with E-state index in [0.29, 0.717) is 5.75 Å². The van der Waals surface area contributed by atoms with E-state index in [1.54, 1.807) is 0 Å². The lowest BCUT2D eigenvalue weighted by atomic mass is 10.4. The summed E-state index contributed by atoms with van der Waals surface area (Å²) in [5, 5.41) is 10.8. The second kappa shape index (κ2) is 3.43. The molecule has 0 saturated heterocycles. The normalized spacial score (nSPS) is 9.91. The Hall–Kier alpha value is -0.970. The molecule has 0 unspecified atom stereocenters. The van der Waals surface area contributed by atoms with Crippen LogP contribution in [0.5, 0.6) is 0 Å². The zero-order valence-corrected chi connectivity index (χ0v) is 6.94. The molecular weight excluding hydrogens is 162 g/mol. The number of nitrogens with two attached hydrogens (primary N) is 1. The van der Waals surface area contributed by atoms with Crippen molar-refractivity contribution >= 4 is 16.9 Å². The van der Waals surface area contributed by atoms with Crippen LogP contribution in [0, 0.1) is 12.3 Å². The van der Waals surface area contributed by atoms with Crippen LogP contribution >= 0.6 is 11.8 Å². The van der Waals surface area contributed by atoms with Gasteiger partial charge in [-0.05, 0) is 6.92 Å². The molecule has 0 aromatic carbocycles. The van der Waals surface area contributed by atoms with Crippen molar-refractivity contribution in [1.29, 1.82) is 5.41 Å². The van der Waals surface area contributed by atoms with E-state index >= 15 is 0 Å². The molecule has 1 rings (SSSR count). The third-order valence-electron chi connectivity index (χ3n) is 1.05. The smallest absolute Gasteiger partial charge is 0.151 e. The number of hydrogen-bond donors (Lipinski definition) is 2. The van der Waals surface area contributed by atoms with Crippen molar-refractivity contribution in [2.45, 2.75) is 12.7 Å². The Morgan fingerprint density at radius 1 is 1.91 bits per heavy atom. The molecule has 0 bridgehead atoms. The standard InChI is InChI=1S/C6H9N3OS/c1-4-2-5(9-10-4)3-11-6(7)8/h2H,3H2,1H3,(H3,7,8). The Bertz CT molecular complexity index is 258. The molecule has 11 heavy (non-hydrogen) atoms. The Kier molecular flexibility index (Phi) is 2.53. The van der Waals surface area contributed by atoms with Gasteiger partial charge in [0.05, 0.1) is 5.69 Å². The molecule has 0 aliphatic heterocycles. The molecule has 0 fully saturated rings. The molecule has 0 atom stereocenters. The van der Waals surface area contributed by atoms with Crippen molar-refractivity contribution in [3.8, 4) is 0 Å². The Balaban J connectivity index is 2.45. The summed E-state index contributed by atoms with van der Waals surface area (Å²) in [7, 11) is 0. The van der Waals surface area contributed by atoms with E-state index in [-0.39, 0.29) is 5.17 Å². The first-order valence-electron chi connectivity index (χ1n) is 3.07.